The summed E-state index contributed by atoms with van der Waals surface area (Å²) in [5.74, 6) is 0.660. The van der Waals surface area contributed by atoms with E-state index in [1.807, 2.05) is 6.26 Å². The Morgan fingerprint density at radius 1 is 1.38 bits per heavy atom. The molecule has 0 fully saturated rings. The Kier molecular flexibility index (Phi) is 5.25. The zero-order valence-electron chi connectivity index (χ0n) is 9.45. The number of nitrogens with two attached hydrogens (primary N) is 1. The third-order valence-electron chi connectivity index (χ3n) is 2.93. The summed E-state index contributed by atoms with van der Waals surface area (Å²) < 4.78 is 12.8. The smallest absolute Gasteiger partial charge is 0.123 e. The third kappa shape index (κ3) is 2.97. The molecule has 0 bridgehead atoms. The minimum absolute atomic E-state index is 0.00427. The fourth-order valence-corrected chi connectivity index (χ4v) is 2.29. The van der Waals surface area contributed by atoms with Gasteiger partial charge in [0.25, 0.3) is 0 Å². The fourth-order valence-electron chi connectivity index (χ4n) is 1.70. The number of rotatable bonds is 6. The van der Waals surface area contributed by atoms with E-state index < -0.39 is 5.41 Å². The van der Waals surface area contributed by atoms with Crippen molar-refractivity contribution in [2.24, 2.45) is 5.73 Å². The number of benzene rings is 1. The van der Waals surface area contributed by atoms with E-state index in [4.69, 9.17) is 5.73 Å². The zero-order chi connectivity index (χ0) is 12.0. The second-order valence-corrected chi connectivity index (χ2v) is 4.88. The SMILES string of the molecule is CSCCC(CN)(CO)c1ccc(F)cc1. The summed E-state index contributed by atoms with van der Waals surface area (Å²) >= 11 is 1.72. The molecule has 1 aromatic carbocycles. The van der Waals surface area contributed by atoms with E-state index in [-0.39, 0.29) is 12.4 Å². The molecule has 0 aliphatic rings. The molecule has 16 heavy (non-hydrogen) atoms. The fraction of sp³-hybridized carbons (Fsp3) is 0.500. The summed E-state index contributed by atoms with van der Waals surface area (Å²) in [5.41, 5.74) is 6.24. The van der Waals surface area contributed by atoms with Crippen LogP contribution in [0.3, 0.4) is 0 Å². The van der Waals surface area contributed by atoms with Gasteiger partial charge in [-0.2, -0.15) is 11.8 Å². The van der Waals surface area contributed by atoms with Gasteiger partial charge >= 0.3 is 0 Å². The molecule has 0 radical (unpaired) electrons. The van der Waals surface area contributed by atoms with Crippen LogP contribution in [0, 0.1) is 5.82 Å². The summed E-state index contributed by atoms with van der Waals surface area (Å²) in [6.07, 6.45) is 2.82. The Balaban J connectivity index is 2.95. The molecule has 1 atom stereocenters. The minimum atomic E-state index is -0.434. The third-order valence-corrected chi connectivity index (χ3v) is 3.55. The first kappa shape index (κ1) is 13.5. The first-order chi connectivity index (χ1) is 7.68. The van der Waals surface area contributed by atoms with Crippen LogP contribution in [0.5, 0.6) is 0 Å². The van der Waals surface area contributed by atoms with Gasteiger partial charge in [0.1, 0.15) is 5.82 Å². The van der Waals surface area contributed by atoms with Crippen LogP contribution >= 0.6 is 11.8 Å². The maximum absolute atomic E-state index is 12.8. The van der Waals surface area contributed by atoms with E-state index in [1.165, 1.54) is 12.1 Å². The van der Waals surface area contributed by atoms with Crippen molar-refractivity contribution in [1.29, 1.82) is 0 Å². The lowest BCUT2D eigenvalue weighted by Crippen LogP contribution is -2.39. The maximum atomic E-state index is 12.8. The van der Waals surface area contributed by atoms with Crippen LogP contribution < -0.4 is 5.73 Å². The zero-order valence-corrected chi connectivity index (χ0v) is 10.3. The number of halogens is 1. The summed E-state index contributed by atoms with van der Waals surface area (Å²) in [6, 6.07) is 6.24. The Bertz CT molecular complexity index is 311. The van der Waals surface area contributed by atoms with Gasteiger partial charge in [-0.25, -0.2) is 4.39 Å². The lowest BCUT2D eigenvalue weighted by molar-refractivity contribution is 0.193. The van der Waals surface area contributed by atoms with Crippen molar-refractivity contribution < 1.29 is 9.50 Å². The van der Waals surface area contributed by atoms with Crippen molar-refractivity contribution in [1.82, 2.24) is 0 Å². The van der Waals surface area contributed by atoms with Crippen LogP contribution in [0.4, 0.5) is 4.39 Å². The van der Waals surface area contributed by atoms with Gasteiger partial charge in [0.15, 0.2) is 0 Å². The molecule has 1 unspecified atom stereocenters. The molecule has 0 saturated heterocycles. The number of hydrogen-bond donors (Lipinski definition) is 2. The second kappa shape index (κ2) is 6.23. The molecule has 2 nitrogen and oxygen atoms in total. The van der Waals surface area contributed by atoms with Crippen molar-refractivity contribution in [2.75, 3.05) is 25.2 Å². The molecule has 4 heteroatoms. The maximum Gasteiger partial charge on any atom is 0.123 e. The first-order valence-corrected chi connectivity index (χ1v) is 6.64. The molecule has 1 aromatic rings. The minimum Gasteiger partial charge on any atom is -0.395 e. The van der Waals surface area contributed by atoms with Gasteiger partial charge in [0, 0.05) is 12.0 Å². The van der Waals surface area contributed by atoms with Crippen molar-refractivity contribution >= 4 is 11.8 Å². The van der Waals surface area contributed by atoms with Gasteiger partial charge in [0.2, 0.25) is 0 Å². The van der Waals surface area contributed by atoms with Gasteiger partial charge in [-0.3, -0.25) is 0 Å². The normalized spacial score (nSPS) is 14.8. The van der Waals surface area contributed by atoms with Gasteiger partial charge in [-0.15, -0.1) is 0 Å². The van der Waals surface area contributed by atoms with Gasteiger partial charge in [0.05, 0.1) is 6.61 Å². The summed E-state index contributed by atoms with van der Waals surface area (Å²) in [4.78, 5) is 0. The van der Waals surface area contributed by atoms with E-state index in [0.29, 0.717) is 6.54 Å². The molecule has 0 spiro atoms. The molecule has 0 heterocycles. The quantitative estimate of drug-likeness (QED) is 0.800. The molecule has 3 N–H and O–H groups in total. The number of hydrogen-bond acceptors (Lipinski definition) is 3. The van der Waals surface area contributed by atoms with Gasteiger partial charge in [-0.05, 0) is 36.1 Å². The number of aliphatic hydroxyl groups is 1. The molecule has 1 rings (SSSR count). The van der Waals surface area contributed by atoms with Crippen molar-refractivity contribution in [3.63, 3.8) is 0 Å². The van der Waals surface area contributed by atoms with E-state index in [1.54, 1.807) is 23.9 Å². The van der Waals surface area contributed by atoms with E-state index in [0.717, 1.165) is 17.7 Å². The first-order valence-electron chi connectivity index (χ1n) is 5.24. The molecular formula is C12H18FNOS. The van der Waals surface area contributed by atoms with E-state index in [2.05, 4.69) is 0 Å². The van der Waals surface area contributed by atoms with Crippen molar-refractivity contribution in [3.8, 4) is 0 Å². The Morgan fingerprint density at radius 2 is 2.00 bits per heavy atom. The van der Waals surface area contributed by atoms with Gasteiger partial charge in [-0.1, -0.05) is 12.1 Å². The highest BCUT2D eigenvalue weighted by Gasteiger charge is 2.29. The van der Waals surface area contributed by atoms with Gasteiger partial charge < -0.3 is 10.8 Å². The molecule has 0 amide bonds. The highest BCUT2D eigenvalue weighted by Crippen LogP contribution is 2.28. The number of aliphatic hydroxyl groups excluding tert-OH is 1. The molecule has 0 aliphatic carbocycles. The van der Waals surface area contributed by atoms with Crippen LogP contribution in [0.15, 0.2) is 24.3 Å². The monoisotopic (exact) mass is 243 g/mol. The highest BCUT2D eigenvalue weighted by molar-refractivity contribution is 7.98. The standard InChI is InChI=1S/C12H18FNOS/c1-16-7-6-12(8-14,9-15)10-2-4-11(13)5-3-10/h2-5,15H,6-9,14H2,1H3. The van der Waals surface area contributed by atoms with Crippen LogP contribution in [0.25, 0.3) is 0 Å². The lowest BCUT2D eigenvalue weighted by atomic mass is 9.79. The van der Waals surface area contributed by atoms with Crippen molar-refractivity contribution in [3.05, 3.63) is 35.6 Å². The van der Waals surface area contributed by atoms with Crippen LogP contribution in [-0.4, -0.2) is 30.3 Å². The second-order valence-electron chi connectivity index (χ2n) is 3.89. The predicted octanol–water partition coefficient (Wildman–Crippen LogP) is 1.77. The van der Waals surface area contributed by atoms with Crippen LogP contribution in [-0.2, 0) is 5.41 Å². The predicted molar refractivity (Wildman–Crippen MR) is 67.2 cm³/mol. The average Bonchev–Trinajstić information content (AvgIpc) is 2.33. The molecule has 90 valence electrons. The summed E-state index contributed by atoms with van der Waals surface area (Å²) in [6.45, 7) is 0.366. The topological polar surface area (TPSA) is 46.2 Å². The molecule has 0 saturated carbocycles. The Labute approximate surface area is 100 Å². The van der Waals surface area contributed by atoms with Crippen LogP contribution in [0.1, 0.15) is 12.0 Å². The average molecular weight is 243 g/mol. The molecular weight excluding hydrogens is 225 g/mol. The summed E-state index contributed by atoms with van der Waals surface area (Å²) in [7, 11) is 0. The Hall–Kier alpha value is -0.580. The lowest BCUT2D eigenvalue weighted by Gasteiger charge is -2.31. The highest BCUT2D eigenvalue weighted by atomic mass is 32.2. The van der Waals surface area contributed by atoms with Crippen molar-refractivity contribution in [2.45, 2.75) is 11.8 Å². The molecule has 0 aromatic heterocycles. The van der Waals surface area contributed by atoms with E-state index >= 15 is 0 Å². The van der Waals surface area contributed by atoms with E-state index in [9.17, 15) is 9.50 Å². The Morgan fingerprint density at radius 3 is 2.44 bits per heavy atom. The molecule has 0 aliphatic heterocycles. The largest absolute Gasteiger partial charge is 0.395 e. The summed E-state index contributed by atoms with van der Waals surface area (Å²) in [5, 5.41) is 9.54. The number of thioether (sulfide) groups is 1. The van der Waals surface area contributed by atoms with Crippen LogP contribution in [0.2, 0.25) is 0 Å².